The van der Waals surface area contributed by atoms with Crippen LogP contribution in [-0.2, 0) is 4.79 Å². The third kappa shape index (κ3) is 6.40. The number of amides is 1. The third-order valence-electron chi connectivity index (χ3n) is 5.57. The van der Waals surface area contributed by atoms with Crippen LogP contribution in [0.25, 0.3) is 0 Å². The lowest BCUT2D eigenvalue weighted by Gasteiger charge is -2.38. The number of nitrogens with zero attached hydrogens (tertiary/aromatic N) is 2. The topological polar surface area (TPSA) is 55.8 Å². The second kappa shape index (κ2) is 10.3. The maximum Gasteiger partial charge on any atom is 0.221 e. The van der Waals surface area contributed by atoms with E-state index in [1.807, 2.05) is 0 Å². The molecule has 2 N–H and O–H groups in total. The van der Waals surface area contributed by atoms with Gasteiger partial charge in [-0.1, -0.05) is 26.2 Å². The molecule has 1 aliphatic heterocycles. The quantitative estimate of drug-likeness (QED) is 0.709. The minimum absolute atomic E-state index is 0.208. The molecule has 0 aromatic carbocycles. The summed E-state index contributed by atoms with van der Waals surface area (Å²) in [6.07, 6.45) is 8.21. The van der Waals surface area contributed by atoms with E-state index in [4.69, 9.17) is 0 Å². The van der Waals surface area contributed by atoms with E-state index < -0.39 is 0 Å². The molecular formula is C18H35N3O2. The number of nitrogens with one attached hydrogen (secondary N) is 1. The van der Waals surface area contributed by atoms with Crippen LogP contribution in [0, 0.1) is 5.92 Å². The van der Waals surface area contributed by atoms with Gasteiger partial charge in [0, 0.05) is 51.7 Å². The molecule has 2 aliphatic rings. The number of piperazine rings is 1. The van der Waals surface area contributed by atoms with E-state index in [2.05, 4.69) is 22.0 Å². The summed E-state index contributed by atoms with van der Waals surface area (Å²) >= 11 is 0. The van der Waals surface area contributed by atoms with Crippen LogP contribution < -0.4 is 5.32 Å². The molecule has 0 bridgehead atoms. The Morgan fingerprint density at radius 3 is 2.48 bits per heavy atom. The van der Waals surface area contributed by atoms with Crippen molar-refractivity contribution >= 4 is 5.91 Å². The van der Waals surface area contributed by atoms with Crippen LogP contribution in [-0.4, -0.2) is 72.7 Å². The summed E-state index contributed by atoms with van der Waals surface area (Å²) in [6.45, 7) is 8.13. The first-order valence-corrected chi connectivity index (χ1v) is 9.57. The van der Waals surface area contributed by atoms with Gasteiger partial charge in [-0.05, 0) is 25.2 Å². The molecule has 5 heteroatoms. The number of aliphatic hydroxyl groups is 1. The molecule has 1 saturated heterocycles. The smallest absolute Gasteiger partial charge is 0.221 e. The van der Waals surface area contributed by atoms with Gasteiger partial charge >= 0.3 is 0 Å². The van der Waals surface area contributed by atoms with E-state index in [0.29, 0.717) is 18.4 Å². The number of hydrogen-bond donors (Lipinski definition) is 2. The second-order valence-electron chi connectivity index (χ2n) is 7.18. The van der Waals surface area contributed by atoms with Gasteiger partial charge in [-0.3, -0.25) is 9.69 Å². The van der Waals surface area contributed by atoms with Crippen LogP contribution in [0.4, 0.5) is 0 Å². The Kier molecular flexibility index (Phi) is 8.34. The fourth-order valence-electron chi connectivity index (χ4n) is 3.85. The largest absolute Gasteiger partial charge is 0.395 e. The fraction of sp³-hybridized carbons (Fsp3) is 0.944. The normalized spacial score (nSPS) is 22.9. The lowest BCUT2D eigenvalue weighted by atomic mass is 9.89. The standard InChI is InChI=1S/C18H35N3O2/c1-2-17(15-22)21-12-10-20(11-13-21)9-8-18(23)19-14-16-6-4-3-5-7-16/h16-17,22H,2-15H2,1H3,(H,19,23). The first-order chi connectivity index (χ1) is 11.2. The van der Waals surface area contributed by atoms with Gasteiger partial charge in [0.25, 0.3) is 0 Å². The van der Waals surface area contributed by atoms with Crippen molar-refractivity contribution in [2.24, 2.45) is 5.92 Å². The first-order valence-electron chi connectivity index (χ1n) is 9.57. The fourth-order valence-corrected chi connectivity index (χ4v) is 3.85. The molecule has 2 fully saturated rings. The molecule has 1 heterocycles. The summed E-state index contributed by atoms with van der Waals surface area (Å²) in [7, 11) is 0. The summed E-state index contributed by atoms with van der Waals surface area (Å²) < 4.78 is 0. The molecule has 0 spiro atoms. The third-order valence-corrected chi connectivity index (χ3v) is 5.57. The molecule has 1 aliphatic carbocycles. The Balaban J connectivity index is 1.56. The first kappa shape index (κ1) is 18.7. The van der Waals surface area contributed by atoms with Gasteiger partial charge < -0.3 is 15.3 Å². The minimum atomic E-state index is 0.208. The van der Waals surface area contributed by atoms with E-state index in [0.717, 1.165) is 45.7 Å². The van der Waals surface area contributed by atoms with Gasteiger partial charge in [0.15, 0.2) is 0 Å². The number of carbonyl (C=O) groups is 1. The SMILES string of the molecule is CCC(CO)N1CCN(CCC(=O)NCC2CCCCC2)CC1. The van der Waals surface area contributed by atoms with E-state index in [9.17, 15) is 9.90 Å². The molecule has 1 saturated carbocycles. The average molecular weight is 325 g/mol. The van der Waals surface area contributed by atoms with Crippen molar-refractivity contribution in [1.82, 2.24) is 15.1 Å². The molecule has 5 nitrogen and oxygen atoms in total. The van der Waals surface area contributed by atoms with Crippen LogP contribution in [0.3, 0.4) is 0 Å². The zero-order valence-electron chi connectivity index (χ0n) is 14.8. The van der Waals surface area contributed by atoms with E-state index >= 15 is 0 Å². The maximum atomic E-state index is 12.0. The second-order valence-corrected chi connectivity index (χ2v) is 7.18. The van der Waals surface area contributed by atoms with Gasteiger partial charge in [-0.25, -0.2) is 0 Å². The van der Waals surface area contributed by atoms with Crippen molar-refractivity contribution in [3.05, 3.63) is 0 Å². The number of carbonyl (C=O) groups excluding carboxylic acids is 1. The van der Waals surface area contributed by atoms with Crippen LogP contribution >= 0.6 is 0 Å². The van der Waals surface area contributed by atoms with Gasteiger partial charge in [0.1, 0.15) is 0 Å². The lowest BCUT2D eigenvalue weighted by Crippen LogP contribution is -2.51. The summed E-state index contributed by atoms with van der Waals surface area (Å²) in [4.78, 5) is 16.8. The number of hydrogen-bond acceptors (Lipinski definition) is 4. The van der Waals surface area contributed by atoms with Crippen molar-refractivity contribution in [1.29, 1.82) is 0 Å². The lowest BCUT2D eigenvalue weighted by molar-refractivity contribution is -0.121. The molecule has 1 amide bonds. The predicted octanol–water partition coefficient (Wildman–Crippen LogP) is 1.46. The molecule has 0 aromatic heterocycles. The minimum Gasteiger partial charge on any atom is -0.395 e. The molecular weight excluding hydrogens is 290 g/mol. The van der Waals surface area contributed by atoms with Crippen molar-refractivity contribution in [2.45, 2.75) is 57.9 Å². The van der Waals surface area contributed by atoms with Crippen LogP contribution in [0.2, 0.25) is 0 Å². The highest BCUT2D eigenvalue weighted by molar-refractivity contribution is 5.76. The van der Waals surface area contributed by atoms with Crippen LogP contribution in [0.5, 0.6) is 0 Å². The van der Waals surface area contributed by atoms with Crippen molar-refractivity contribution < 1.29 is 9.90 Å². The van der Waals surface area contributed by atoms with Gasteiger partial charge in [0.2, 0.25) is 5.91 Å². The zero-order valence-corrected chi connectivity index (χ0v) is 14.8. The van der Waals surface area contributed by atoms with Crippen LogP contribution in [0.1, 0.15) is 51.9 Å². The van der Waals surface area contributed by atoms with E-state index in [-0.39, 0.29) is 12.5 Å². The molecule has 0 radical (unpaired) electrons. The number of rotatable bonds is 8. The number of aliphatic hydroxyl groups excluding tert-OH is 1. The summed E-state index contributed by atoms with van der Waals surface area (Å²) in [5, 5.41) is 12.5. The molecule has 0 aromatic rings. The highest BCUT2D eigenvalue weighted by Gasteiger charge is 2.22. The molecule has 2 rings (SSSR count). The Morgan fingerprint density at radius 1 is 1.17 bits per heavy atom. The van der Waals surface area contributed by atoms with Gasteiger partial charge in [-0.15, -0.1) is 0 Å². The van der Waals surface area contributed by atoms with Gasteiger partial charge in [0.05, 0.1) is 6.61 Å². The summed E-state index contributed by atoms with van der Waals surface area (Å²) in [5.41, 5.74) is 0. The Hall–Kier alpha value is -0.650. The van der Waals surface area contributed by atoms with Crippen molar-refractivity contribution in [2.75, 3.05) is 45.9 Å². The molecule has 1 atom stereocenters. The van der Waals surface area contributed by atoms with E-state index in [1.165, 1.54) is 32.1 Å². The predicted molar refractivity (Wildman–Crippen MR) is 93.4 cm³/mol. The Morgan fingerprint density at radius 2 is 1.87 bits per heavy atom. The van der Waals surface area contributed by atoms with Crippen molar-refractivity contribution in [3.8, 4) is 0 Å². The highest BCUT2D eigenvalue weighted by atomic mass is 16.3. The van der Waals surface area contributed by atoms with Crippen molar-refractivity contribution in [3.63, 3.8) is 0 Å². The Bertz CT molecular complexity index is 333. The zero-order chi connectivity index (χ0) is 16.5. The highest BCUT2D eigenvalue weighted by Crippen LogP contribution is 2.22. The average Bonchev–Trinajstić information content (AvgIpc) is 2.61. The Labute approximate surface area is 141 Å². The summed E-state index contributed by atoms with van der Waals surface area (Å²) in [5.74, 6) is 0.917. The molecule has 23 heavy (non-hydrogen) atoms. The van der Waals surface area contributed by atoms with Gasteiger partial charge in [-0.2, -0.15) is 0 Å². The molecule has 134 valence electrons. The van der Waals surface area contributed by atoms with E-state index in [1.54, 1.807) is 0 Å². The monoisotopic (exact) mass is 325 g/mol. The maximum absolute atomic E-state index is 12.0. The van der Waals surface area contributed by atoms with Crippen LogP contribution in [0.15, 0.2) is 0 Å². The summed E-state index contributed by atoms with van der Waals surface area (Å²) in [6, 6.07) is 0.302. The molecule has 1 unspecified atom stereocenters.